The molecular formula is C24H40N6O. The highest BCUT2D eigenvalue weighted by atomic mass is 16.2. The lowest BCUT2D eigenvalue weighted by Gasteiger charge is -2.20. The van der Waals surface area contributed by atoms with Gasteiger partial charge in [0, 0.05) is 5.69 Å². The zero-order valence-electron chi connectivity index (χ0n) is 19.9. The molecule has 1 heterocycles. The van der Waals surface area contributed by atoms with Crippen molar-refractivity contribution in [1.29, 1.82) is 0 Å². The maximum Gasteiger partial charge on any atom is 0.326 e. The Morgan fingerprint density at radius 2 is 1.48 bits per heavy atom. The first kappa shape index (κ1) is 24.8. The Morgan fingerprint density at radius 1 is 0.903 bits per heavy atom. The van der Waals surface area contributed by atoms with Gasteiger partial charge in [-0.15, -0.1) is 5.10 Å². The Labute approximate surface area is 187 Å². The lowest BCUT2D eigenvalue weighted by molar-refractivity contribution is 0.262. The van der Waals surface area contributed by atoms with Crippen LogP contribution in [0, 0.1) is 0 Å². The Balaban J connectivity index is 1.83. The van der Waals surface area contributed by atoms with Gasteiger partial charge in [-0.2, -0.15) is 4.80 Å². The molecule has 7 nitrogen and oxygen atoms in total. The predicted molar refractivity (Wildman–Crippen MR) is 128 cm³/mol. The number of tetrazole rings is 1. The molecule has 0 fully saturated rings. The number of para-hydroxylation sites is 1. The van der Waals surface area contributed by atoms with Crippen LogP contribution in [-0.4, -0.2) is 26.2 Å². The van der Waals surface area contributed by atoms with Crippen molar-refractivity contribution in [2.75, 3.05) is 10.6 Å². The Bertz CT molecular complexity index is 773. The van der Waals surface area contributed by atoms with Crippen molar-refractivity contribution < 1.29 is 4.79 Å². The normalized spacial score (nSPS) is 11.3. The second-order valence-corrected chi connectivity index (χ2v) is 8.88. The molecule has 2 rings (SSSR count). The van der Waals surface area contributed by atoms with Crippen molar-refractivity contribution in [2.45, 2.75) is 104 Å². The smallest absolute Gasteiger partial charge is 0.307 e. The van der Waals surface area contributed by atoms with E-state index in [-0.39, 0.29) is 12.0 Å². The summed E-state index contributed by atoms with van der Waals surface area (Å²) in [6.07, 6.45) is 10.0. The number of carbonyl (C=O) groups excluding carboxylic acids is 1. The second-order valence-electron chi connectivity index (χ2n) is 8.88. The molecule has 31 heavy (non-hydrogen) atoms. The fourth-order valence-electron chi connectivity index (χ4n) is 3.72. The van der Waals surface area contributed by atoms with E-state index in [1.165, 1.54) is 44.9 Å². The highest BCUT2D eigenvalue weighted by molar-refractivity contribution is 5.99. The third-order valence-corrected chi connectivity index (χ3v) is 5.50. The van der Waals surface area contributed by atoms with Crippen molar-refractivity contribution in [3.63, 3.8) is 0 Å². The van der Waals surface area contributed by atoms with Crippen molar-refractivity contribution in [2.24, 2.45) is 0 Å². The monoisotopic (exact) mass is 428 g/mol. The first-order valence-corrected chi connectivity index (χ1v) is 11.9. The summed E-state index contributed by atoms with van der Waals surface area (Å²) < 4.78 is 0. The molecule has 0 spiro atoms. The number of rotatable bonds is 13. The van der Waals surface area contributed by atoms with Crippen LogP contribution < -0.4 is 10.6 Å². The van der Waals surface area contributed by atoms with E-state index in [0.29, 0.717) is 11.8 Å². The van der Waals surface area contributed by atoms with Gasteiger partial charge in [-0.3, -0.25) is 5.32 Å². The van der Waals surface area contributed by atoms with Crippen LogP contribution in [0.15, 0.2) is 18.2 Å². The number of hydrogen-bond acceptors (Lipinski definition) is 4. The second kappa shape index (κ2) is 13.1. The van der Waals surface area contributed by atoms with Gasteiger partial charge >= 0.3 is 6.03 Å². The van der Waals surface area contributed by atoms with Gasteiger partial charge in [0.05, 0.1) is 6.54 Å². The van der Waals surface area contributed by atoms with E-state index in [1.54, 1.807) is 4.80 Å². The van der Waals surface area contributed by atoms with E-state index in [1.807, 2.05) is 6.07 Å². The summed E-state index contributed by atoms with van der Waals surface area (Å²) in [4.78, 5) is 14.2. The highest BCUT2D eigenvalue weighted by Crippen LogP contribution is 2.32. The zero-order valence-corrected chi connectivity index (χ0v) is 19.9. The van der Waals surface area contributed by atoms with Gasteiger partial charge in [-0.25, -0.2) is 4.79 Å². The van der Waals surface area contributed by atoms with E-state index >= 15 is 0 Å². The number of carbonyl (C=O) groups is 1. The third kappa shape index (κ3) is 8.31. The van der Waals surface area contributed by atoms with E-state index < -0.39 is 0 Å². The molecule has 2 amide bonds. The summed E-state index contributed by atoms with van der Waals surface area (Å²) in [5.41, 5.74) is 3.11. The largest absolute Gasteiger partial charge is 0.326 e. The first-order chi connectivity index (χ1) is 14.9. The topological polar surface area (TPSA) is 84.7 Å². The molecule has 7 heteroatoms. The van der Waals surface area contributed by atoms with E-state index in [4.69, 9.17) is 0 Å². The third-order valence-electron chi connectivity index (χ3n) is 5.50. The highest BCUT2D eigenvalue weighted by Gasteiger charge is 2.17. The van der Waals surface area contributed by atoms with Gasteiger partial charge in [0.2, 0.25) is 0 Å². The number of urea groups is 1. The van der Waals surface area contributed by atoms with Crippen molar-refractivity contribution in [3.05, 3.63) is 29.3 Å². The summed E-state index contributed by atoms with van der Waals surface area (Å²) in [6.45, 7) is 11.5. The van der Waals surface area contributed by atoms with Gasteiger partial charge in [0.25, 0.3) is 5.95 Å². The molecule has 1 aromatic heterocycles. The number of hydrogen-bond donors (Lipinski definition) is 2. The minimum atomic E-state index is -0.346. The van der Waals surface area contributed by atoms with Gasteiger partial charge in [-0.1, -0.05) is 103 Å². The minimum absolute atomic E-state index is 0.227. The van der Waals surface area contributed by atoms with E-state index in [2.05, 4.69) is 72.8 Å². The molecule has 2 N–H and O–H groups in total. The molecule has 2 aromatic rings. The van der Waals surface area contributed by atoms with Crippen LogP contribution in [0.1, 0.15) is 109 Å². The van der Waals surface area contributed by atoms with Crippen molar-refractivity contribution in [1.82, 2.24) is 20.2 Å². The Hall–Kier alpha value is -2.44. The Morgan fingerprint density at radius 3 is 2.06 bits per heavy atom. The zero-order chi connectivity index (χ0) is 22.6. The molecule has 0 atom stereocenters. The SMILES string of the molecule is CCCCCCCCCCn1nnc(NC(=O)Nc2c(C(C)C)cccc2C(C)C)n1. The molecule has 0 bridgehead atoms. The molecule has 0 aliphatic carbocycles. The quantitative estimate of drug-likeness (QED) is 0.347. The van der Waals surface area contributed by atoms with Gasteiger partial charge in [0.15, 0.2) is 0 Å². The average molecular weight is 429 g/mol. The fourth-order valence-corrected chi connectivity index (χ4v) is 3.72. The molecule has 0 aliphatic rings. The van der Waals surface area contributed by atoms with Crippen molar-refractivity contribution >= 4 is 17.7 Å². The number of aromatic nitrogens is 4. The summed E-state index contributed by atoms with van der Waals surface area (Å²) in [5.74, 6) is 0.837. The standard InChI is InChI=1S/C24H40N6O/c1-6-7-8-9-10-11-12-13-17-30-28-23(27-29-30)26-24(31)25-22-20(18(2)3)15-14-16-21(22)19(4)5/h14-16,18-19H,6-13,17H2,1-5H3,(H2,25,26,28,31). The van der Waals surface area contributed by atoms with Crippen LogP contribution in [0.4, 0.5) is 16.4 Å². The number of anilines is 2. The number of benzene rings is 1. The predicted octanol–water partition coefficient (Wildman–Crippen LogP) is 6.70. The van der Waals surface area contributed by atoms with Crippen LogP contribution in [0.2, 0.25) is 0 Å². The van der Waals surface area contributed by atoms with Gasteiger partial charge < -0.3 is 5.32 Å². The number of aryl methyl sites for hydroxylation is 1. The van der Waals surface area contributed by atoms with E-state index in [0.717, 1.165) is 29.8 Å². The number of amides is 2. The average Bonchev–Trinajstić information content (AvgIpc) is 3.16. The summed E-state index contributed by atoms with van der Waals surface area (Å²) in [7, 11) is 0. The van der Waals surface area contributed by atoms with Crippen LogP contribution in [-0.2, 0) is 6.54 Å². The molecule has 0 unspecified atom stereocenters. The maximum absolute atomic E-state index is 12.6. The molecular weight excluding hydrogens is 388 g/mol. The van der Waals surface area contributed by atoms with E-state index in [9.17, 15) is 4.79 Å². The molecule has 172 valence electrons. The van der Waals surface area contributed by atoms with Crippen molar-refractivity contribution in [3.8, 4) is 0 Å². The number of nitrogens with zero attached hydrogens (tertiary/aromatic N) is 4. The van der Waals surface area contributed by atoms with Crippen LogP contribution in [0.5, 0.6) is 0 Å². The van der Waals surface area contributed by atoms with Crippen LogP contribution >= 0.6 is 0 Å². The number of unbranched alkanes of at least 4 members (excludes halogenated alkanes) is 7. The number of nitrogens with one attached hydrogen (secondary N) is 2. The van der Waals surface area contributed by atoms with Gasteiger partial charge in [-0.05, 0) is 34.6 Å². The summed E-state index contributed by atoms with van der Waals surface area (Å²) >= 11 is 0. The summed E-state index contributed by atoms with van der Waals surface area (Å²) in [6, 6.07) is 5.82. The molecule has 1 aromatic carbocycles. The molecule has 0 saturated carbocycles. The fraction of sp³-hybridized carbons (Fsp3) is 0.667. The minimum Gasteiger partial charge on any atom is -0.307 e. The van der Waals surface area contributed by atoms with Gasteiger partial charge in [0.1, 0.15) is 0 Å². The van der Waals surface area contributed by atoms with Crippen LogP contribution in [0.3, 0.4) is 0 Å². The summed E-state index contributed by atoms with van der Waals surface area (Å²) in [5, 5.41) is 18.0. The molecule has 0 radical (unpaired) electrons. The lowest BCUT2D eigenvalue weighted by Crippen LogP contribution is -2.22. The van der Waals surface area contributed by atoms with Crippen LogP contribution in [0.25, 0.3) is 0 Å². The lowest BCUT2D eigenvalue weighted by atomic mass is 9.93. The Kier molecular flexibility index (Phi) is 10.5. The molecule has 0 aliphatic heterocycles. The maximum atomic E-state index is 12.6. The first-order valence-electron chi connectivity index (χ1n) is 11.9. The molecule has 0 saturated heterocycles.